The van der Waals surface area contributed by atoms with Crippen LogP contribution in [-0.2, 0) is 6.42 Å². The Morgan fingerprint density at radius 1 is 1.20 bits per heavy atom. The third-order valence-electron chi connectivity index (χ3n) is 3.57. The van der Waals surface area contributed by atoms with Crippen molar-refractivity contribution >= 4 is 11.6 Å². The second kappa shape index (κ2) is 6.78. The lowest BCUT2D eigenvalue weighted by Crippen LogP contribution is -2.16. The molecule has 0 aliphatic heterocycles. The van der Waals surface area contributed by atoms with Gasteiger partial charge in [-0.15, -0.1) is 0 Å². The zero-order chi connectivity index (χ0) is 14.5. The molecule has 0 saturated carbocycles. The number of hydrogen-bond donors (Lipinski definition) is 1. The summed E-state index contributed by atoms with van der Waals surface area (Å²) in [5.74, 6) is 1.17. The van der Waals surface area contributed by atoms with Gasteiger partial charge in [0.05, 0.1) is 7.11 Å². The molecule has 0 saturated heterocycles. The number of nitrogens with two attached hydrogens (primary N) is 1. The number of hydrogen-bond acceptors (Lipinski definition) is 2. The molecule has 1 atom stereocenters. The second-order valence-electron chi connectivity index (χ2n) is 4.99. The van der Waals surface area contributed by atoms with Crippen LogP contribution in [0.1, 0.15) is 22.6 Å². The number of aryl methyl sites for hydroxylation is 1. The maximum Gasteiger partial charge on any atom is 0.119 e. The van der Waals surface area contributed by atoms with Crippen LogP contribution < -0.4 is 10.5 Å². The molecule has 1 unspecified atom stereocenters. The first-order valence-electron chi connectivity index (χ1n) is 6.73. The van der Waals surface area contributed by atoms with Gasteiger partial charge in [0.15, 0.2) is 0 Å². The Labute approximate surface area is 125 Å². The van der Waals surface area contributed by atoms with Gasteiger partial charge in [-0.2, -0.15) is 0 Å². The summed E-state index contributed by atoms with van der Waals surface area (Å²) in [6, 6.07) is 14.1. The summed E-state index contributed by atoms with van der Waals surface area (Å²) in [5, 5.41) is 0.768. The summed E-state index contributed by atoms with van der Waals surface area (Å²) in [6.07, 6.45) is 0.893. The minimum absolute atomic E-state index is 0.291. The van der Waals surface area contributed by atoms with Crippen LogP contribution in [0.5, 0.6) is 5.75 Å². The molecule has 2 nitrogen and oxygen atoms in total. The van der Waals surface area contributed by atoms with Crippen LogP contribution in [0.2, 0.25) is 5.02 Å². The molecule has 0 amide bonds. The van der Waals surface area contributed by atoms with E-state index < -0.39 is 0 Å². The van der Waals surface area contributed by atoms with Crippen molar-refractivity contribution in [3.8, 4) is 5.75 Å². The Kier molecular flexibility index (Phi) is 5.05. The Hall–Kier alpha value is -1.51. The Bertz CT molecular complexity index is 583. The fourth-order valence-electron chi connectivity index (χ4n) is 2.50. The van der Waals surface area contributed by atoms with Crippen LogP contribution in [0.3, 0.4) is 0 Å². The van der Waals surface area contributed by atoms with Crippen molar-refractivity contribution < 1.29 is 4.74 Å². The zero-order valence-corrected chi connectivity index (χ0v) is 12.7. The van der Waals surface area contributed by atoms with Gasteiger partial charge in [-0.25, -0.2) is 0 Å². The molecule has 0 aliphatic rings. The van der Waals surface area contributed by atoms with E-state index in [2.05, 4.69) is 25.1 Å². The molecule has 106 valence electrons. The van der Waals surface area contributed by atoms with Crippen LogP contribution in [-0.4, -0.2) is 13.7 Å². The van der Waals surface area contributed by atoms with E-state index in [-0.39, 0.29) is 0 Å². The highest BCUT2D eigenvalue weighted by Crippen LogP contribution is 2.27. The van der Waals surface area contributed by atoms with Crippen molar-refractivity contribution in [2.45, 2.75) is 19.3 Å². The number of rotatable bonds is 5. The first-order valence-corrected chi connectivity index (χ1v) is 7.11. The third kappa shape index (κ3) is 3.53. The molecular formula is C17H20ClNO. The Morgan fingerprint density at radius 2 is 2.00 bits per heavy atom. The zero-order valence-electron chi connectivity index (χ0n) is 11.9. The van der Waals surface area contributed by atoms with Crippen LogP contribution in [0.15, 0.2) is 42.5 Å². The standard InChI is InChI=1S/C17H20ClNO/c1-12-8-16(20-2)6-7-17(12)14(11-19)9-13-4-3-5-15(18)10-13/h3-8,10,14H,9,11,19H2,1-2H3. The predicted octanol–water partition coefficient (Wildman–Crippen LogP) is 3.94. The molecule has 0 aromatic heterocycles. The summed E-state index contributed by atoms with van der Waals surface area (Å²) in [5.41, 5.74) is 9.66. The highest BCUT2D eigenvalue weighted by molar-refractivity contribution is 6.30. The molecule has 0 fully saturated rings. The topological polar surface area (TPSA) is 35.2 Å². The number of halogens is 1. The van der Waals surface area contributed by atoms with E-state index in [1.807, 2.05) is 24.3 Å². The molecule has 0 bridgehead atoms. The monoisotopic (exact) mass is 289 g/mol. The van der Waals surface area contributed by atoms with Crippen molar-refractivity contribution in [2.24, 2.45) is 5.73 Å². The lowest BCUT2D eigenvalue weighted by atomic mass is 9.89. The van der Waals surface area contributed by atoms with Gasteiger partial charge in [0.2, 0.25) is 0 Å². The van der Waals surface area contributed by atoms with Crippen LogP contribution >= 0.6 is 11.6 Å². The van der Waals surface area contributed by atoms with Gasteiger partial charge in [0.1, 0.15) is 5.75 Å². The van der Waals surface area contributed by atoms with E-state index in [1.165, 1.54) is 16.7 Å². The highest BCUT2D eigenvalue weighted by atomic mass is 35.5. The van der Waals surface area contributed by atoms with Crippen molar-refractivity contribution in [3.05, 3.63) is 64.2 Å². The van der Waals surface area contributed by atoms with Gasteiger partial charge >= 0.3 is 0 Å². The summed E-state index contributed by atoms with van der Waals surface area (Å²) >= 11 is 6.04. The quantitative estimate of drug-likeness (QED) is 0.905. The first kappa shape index (κ1) is 14.9. The molecule has 2 aromatic carbocycles. The Balaban J connectivity index is 2.24. The van der Waals surface area contributed by atoms with E-state index in [0.717, 1.165) is 17.2 Å². The SMILES string of the molecule is COc1ccc(C(CN)Cc2cccc(Cl)c2)c(C)c1. The van der Waals surface area contributed by atoms with Crippen LogP contribution in [0.4, 0.5) is 0 Å². The minimum Gasteiger partial charge on any atom is -0.497 e. The second-order valence-corrected chi connectivity index (χ2v) is 5.43. The summed E-state index contributed by atoms with van der Waals surface area (Å²) in [6.45, 7) is 2.71. The lowest BCUT2D eigenvalue weighted by molar-refractivity contribution is 0.414. The van der Waals surface area contributed by atoms with E-state index in [1.54, 1.807) is 7.11 Å². The maximum absolute atomic E-state index is 6.04. The van der Waals surface area contributed by atoms with Gasteiger partial charge in [0.25, 0.3) is 0 Å². The predicted molar refractivity (Wildman–Crippen MR) is 84.7 cm³/mol. The van der Waals surface area contributed by atoms with Crippen molar-refractivity contribution in [3.63, 3.8) is 0 Å². The molecule has 0 aliphatic carbocycles. The normalized spacial score (nSPS) is 12.2. The van der Waals surface area contributed by atoms with Crippen molar-refractivity contribution in [1.29, 1.82) is 0 Å². The lowest BCUT2D eigenvalue weighted by Gasteiger charge is -2.18. The maximum atomic E-state index is 6.04. The minimum atomic E-state index is 0.291. The number of benzene rings is 2. The molecule has 2 N–H and O–H groups in total. The average Bonchev–Trinajstić information content (AvgIpc) is 2.45. The van der Waals surface area contributed by atoms with Gasteiger partial charge in [-0.05, 0) is 60.8 Å². The molecule has 20 heavy (non-hydrogen) atoms. The van der Waals surface area contributed by atoms with Crippen molar-refractivity contribution in [1.82, 2.24) is 0 Å². The molecule has 0 heterocycles. The average molecular weight is 290 g/mol. The third-order valence-corrected chi connectivity index (χ3v) is 3.81. The smallest absolute Gasteiger partial charge is 0.119 e. The number of ether oxygens (including phenoxy) is 1. The molecule has 2 aromatic rings. The molecule has 0 radical (unpaired) electrons. The van der Waals surface area contributed by atoms with E-state index in [9.17, 15) is 0 Å². The fourth-order valence-corrected chi connectivity index (χ4v) is 2.71. The summed E-state index contributed by atoms with van der Waals surface area (Å²) in [7, 11) is 1.68. The molecule has 3 heteroatoms. The van der Waals surface area contributed by atoms with Crippen molar-refractivity contribution in [2.75, 3.05) is 13.7 Å². The summed E-state index contributed by atoms with van der Waals surface area (Å²) < 4.78 is 5.25. The van der Waals surface area contributed by atoms with E-state index in [4.69, 9.17) is 22.1 Å². The van der Waals surface area contributed by atoms with Gasteiger partial charge in [-0.1, -0.05) is 29.8 Å². The summed E-state index contributed by atoms with van der Waals surface area (Å²) in [4.78, 5) is 0. The molecule has 2 rings (SSSR count). The largest absolute Gasteiger partial charge is 0.497 e. The Morgan fingerprint density at radius 3 is 2.60 bits per heavy atom. The van der Waals surface area contributed by atoms with Gasteiger partial charge in [-0.3, -0.25) is 0 Å². The molecule has 0 spiro atoms. The molecular weight excluding hydrogens is 270 g/mol. The van der Waals surface area contributed by atoms with Crippen LogP contribution in [0.25, 0.3) is 0 Å². The van der Waals surface area contributed by atoms with E-state index in [0.29, 0.717) is 12.5 Å². The first-order chi connectivity index (χ1) is 9.63. The van der Waals surface area contributed by atoms with Gasteiger partial charge < -0.3 is 10.5 Å². The highest BCUT2D eigenvalue weighted by Gasteiger charge is 2.14. The fraction of sp³-hybridized carbons (Fsp3) is 0.294. The number of methoxy groups -OCH3 is 1. The van der Waals surface area contributed by atoms with Crippen LogP contribution in [0, 0.1) is 6.92 Å². The van der Waals surface area contributed by atoms with Gasteiger partial charge in [0, 0.05) is 10.9 Å². The van der Waals surface area contributed by atoms with E-state index >= 15 is 0 Å².